The number of thiol groups is 1. The third-order valence-electron chi connectivity index (χ3n) is 1.94. The van der Waals surface area contributed by atoms with E-state index in [0.29, 0.717) is 5.46 Å². The van der Waals surface area contributed by atoms with Crippen molar-refractivity contribution in [2.24, 2.45) is 0 Å². The minimum absolute atomic E-state index is 0.00861. The predicted octanol–water partition coefficient (Wildman–Crippen LogP) is 0.575. The summed E-state index contributed by atoms with van der Waals surface area (Å²) in [6, 6.07) is 2.90. The maximum absolute atomic E-state index is 9.35. The first kappa shape index (κ1) is 9.85. The summed E-state index contributed by atoms with van der Waals surface area (Å²) < 4.78 is 0.739. The van der Waals surface area contributed by atoms with Crippen LogP contribution in [0.15, 0.2) is 22.4 Å². The zero-order chi connectivity index (χ0) is 10.3. The van der Waals surface area contributed by atoms with Crippen LogP contribution in [0.5, 0.6) is 5.75 Å². The Hall–Kier alpha value is -0.685. The number of rotatable bonds is 1. The van der Waals surface area contributed by atoms with Gasteiger partial charge < -0.3 is 15.2 Å². The van der Waals surface area contributed by atoms with Crippen LogP contribution in [-0.4, -0.2) is 22.3 Å². The molecule has 2 rings (SSSR count). The molecule has 0 saturated heterocycles. The second-order valence-corrected chi connectivity index (χ2v) is 4.27. The molecule has 1 aromatic heterocycles. The topological polar surface area (TPSA) is 60.7 Å². The maximum Gasteiger partial charge on any atom is 0.490 e. The molecule has 0 aliphatic rings. The summed E-state index contributed by atoms with van der Waals surface area (Å²) in [6.45, 7) is 0. The number of hydrogen-bond acceptors (Lipinski definition) is 5. The fraction of sp³-hybridized carbons (Fsp3) is 0. The molecule has 0 unspecified atom stereocenters. The van der Waals surface area contributed by atoms with Crippen LogP contribution in [-0.2, 0) is 0 Å². The lowest BCUT2D eigenvalue weighted by atomic mass is 9.80. The molecule has 1 heterocycles. The average Bonchev–Trinajstić information content (AvgIpc) is 2.47. The van der Waals surface area contributed by atoms with Crippen molar-refractivity contribution in [3.63, 3.8) is 0 Å². The number of fused-ring (bicyclic) bond motifs is 1. The highest BCUT2D eigenvalue weighted by atomic mass is 32.1. The number of aromatic hydroxyl groups is 1. The minimum Gasteiger partial charge on any atom is -0.508 e. The highest BCUT2D eigenvalue weighted by Crippen LogP contribution is 2.30. The zero-order valence-electron chi connectivity index (χ0n) is 7.01. The molecule has 72 valence electrons. The van der Waals surface area contributed by atoms with Gasteiger partial charge in [0.25, 0.3) is 0 Å². The molecule has 2 aromatic rings. The number of hydrogen-bond donors (Lipinski definition) is 4. The summed E-state index contributed by atoms with van der Waals surface area (Å²) in [4.78, 5) is 0.725. The molecule has 3 N–H and O–H groups in total. The highest BCUT2D eigenvalue weighted by Gasteiger charge is 2.18. The molecule has 0 saturated carbocycles. The van der Waals surface area contributed by atoms with E-state index in [1.165, 1.54) is 17.4 Å². The van der Waals surface area contributed by atoms with E-state index >= 15 is 0 Å². The van der Waals surface area contributed by atoms with Crippen LogP contribution in [0.1, 0.15) is 0 Å². The van der Waals surface area contributed by atoms with E-state index in [2.05, 4.69) is 12.6 Å². The van der Waals surface area contributed by atoms with Crippen LogP contribution in [0.2, 0.25) is 0 Å². The van der Waals surface area contributed by atoms with E-state index in [9.17, 15) is 5.11 Å². The van der Waals surface area contributed by atoms with E-state index in [4.69, 9.17) is 10.0 Å². The van der Waals surface area contributed by atoms with Gasteiger partial charge in [-0.3, -0.25) is 0 Å². The zero-order valence-corrected chi connectivity index (χ0v) is 8.72. The van der Waals surface area contributed by atoms with E-state index in [-0.39, 0.29) is 5.75 Å². The highest BCUT2D eigenvalue weighted by molar-refractivity contribution is 7.80. The van der Waals surface area contributed by atoms with Gasteiger partial charge in [0.05, 0.1) is 0 Å². The van der Waals surface area contributed by atoms with Gasteiger partial charge in [-0.1, -0.05) is 0 Å². The summed E-state index contributed by atoms with van der Waals surface area (Å²) in [7, 11) is -1.57. The van der Waals surface area contributed by atoms with Crippen LogP contribution >= 0.6 is 24.0 Å². The van der Waals surface area contributed by atoms with Crippen LogP contribution < -0.4 is 5.46 Å². The van der Waals surface area contributed by atoms with Gasteiger partial charge in [0.1, 0.15) is 5.75 Å². The molecule has 0 radical (unpaired) electrons. The summed E-state index contributed by atoms with van der Waals surface area (Å²) >= 11 is 5.57. The van der Waals surface area contributed by atoms with Crippen LogP contribution in [0.4, 0.5) is 0 Å². The first-order valence-electron chi connectivity index (χ1n) is 3.89. The normalized spacial score (nSPS) is 10.8. The first-order chi connectivity index (χ1) is 6.59. The smallest absolute Gasteiger partial charge is 0.490 e. The average molecular weight is 226 g/mol. The molecule has 0 aliphatic heterocycles. The molecule has 6 heteroatoms. The van der Waals surface area contributed by atoms with Crippen molar-refractivity contribution < 1.29 is 15.2 Å². The van der Waals surface area contributed by atoms with Crippen molar-refractivity contribution in [2.45, 2.75) is 4.90 Å². The van der Waals surface area contributed by atoms with Crippen LogP contribution in [0.3, 0.4) is 0 Å². The Morgan fingerprint density at radius 3 is 2.64 bits per heavy atom. The third-order valence-corrected chi connectivity index (χ3v) is 3.53. The summed E-state index contributed by atoms with van der Waals surface area (Å²) in [5.41, 5.74) is 0.310. The van der Waals surface area contributed by atoms with Crippen LogP contribution in [0, 0.1) is 0 Å². The maximum atomic E-state index is 9.35. The molecule has 3 nitrogen and oxygen atoms in total. The van der Waals surface area contributed by atoms with Crippen molar-refractivity contribution in [2.75, 3.05) is 0 Å². The second-order valence-electron chi connectivity index (χ2n) is 2.91. The van der Waals surface area contributed by atoms with E-state index in [1.807, 2.05) is 0 Å². The van der Waals surface area contributed by atoms with Gasteiger partial charge in [-0.25, -0.2) is 0 Å². The molecule has 14 heavy (non-hydrogen) atoms. The molecular weight excluding hydrogens is 219 g/mol. The molecular formula is C8H7BO3S2. The summed E-state index contributed by atoms with van der Waals surface area (Å²) in [5.74, 6) is 0.00861. The first-order valence-corrected chi connectivity index (χ1v) is 5.21. The SMILES string of the molecule is OB(O)c1cc(O)cc2c(S)csc12. The fourth-order valence-electron chi connectivity index (χ4n) is 1.33. The van der Waals surface area contributed by atoms with Gasteiger partial charge in [0.2, 0.25) is 0 Å². The standard InChI is InChI=1S/C8H7BO3S2/c10-4-1-5-7(13)3-14-8(5)6(2-4)9(11)12/h1-3,10-13H. The van der Waals surface area contributed by atoms with Crippen LogP contribution in [0.25, 0.3) is 10.1 Å². The van der Waals surface area contributed by atoms with Gasteiger partial charge in [-0.15, -0.1) is 24.0 Å². The quantitative estimate of drug-likeness (QED) is 0.425. The third kappa shape index (κ3) is 1.50. The molecule has 0 amide bonds. The number of benzene rings is 1. The number of phenols is 1. The van der Waals surface area contributed by atoms with Gasteiger partial charge >= 0.3 is 7.12 Å². The van der Waals surface area contributed by atoms with E-state index in [1.54, 1.807) is 11.4 Å². The van der Waals surface area contributed by atoms with Crippen molar-refractivity contribution in [1.29, 1.82) is 0 Å². The van der Waals surface area contributed by atoms with Crippen molar-refractivity contribution in [3.8, 4) is 5.75 Å². The Labute approximate surface area is 90.2 Å². The van der Waals surface area contributed by atoms with Crippen molar-refractivity contribution >= 4 is 46.6 Å². The van der Waals surface area contributed by atoms with Gasteiger partial charge in [-0.2, -0.15) is 0 Å². The Balaban J connectivity index is 2.82. The monoisotopic (exact) mass is 226 g/mol. The Morgan fingerprint density at radius 1 is 1.29 bits per heavy atom. The molecule has 0 spiro atoms. The lowest BCUT2D eigenvalue weighted by Gasteiger charge is -2.02. The number of thiophene rings is 1. The molecule has 0 atom stereocenters. The lowest BCUT2D eigenvalue weighted by molar-refractivity contribution is 0.425. The Morgan fingerprint density at radius 2 is 2.00 bits per heavy atom. The molecule has 1 aromatic carbocycles. The van der Waals surface area contributed by atoms with Gasteiger partial charge in [-0.05, 0) is 12.1 Å². The van der Waals surface area contributed by atoms with E-state index < -0.39 is 7.12 Å². The predicted molar refractivity (Wildman–Crippen MR) is 60.6 cm³/mol. The number of phenolic OH excluding ortho intramolecular Hbond substituents is 1. The Kier molecular flexibility index (Phi) is 2.44. The molecule has 0 fully saturated rings. The summed E-state index contributed by atoms with van der Waals surface area (Å²) in [5, 5.41) is 30.0. The lowest BCUT2D eigenvalue weighted by Crippen LogP contribution is -2.29. The van der Waals surface area contributed by atoms with Gasteiger partial charge in [0.15, 0.2) is 0 Å². The molecule has 0 aliphatic carbocycles. The van der Waals surface area contributed by atoms with Gasteiger partial charge in [0, 0.05) is 25.8 Å². The largest absolute Gasteiger partial charge is 0.508 e. The Bertz CT molecular complexity index is 481. The minimum atomic E-state index is -1.57. The molecule has 0 bridgehead atoms. The van der Waals surface area contributed by atoms with Crippen molar-refractivity contribution in [3.05, 3.63) is 17.5 Å². The van der Waals surface area contributed by atoms with Crippen molar-refractivity contribution in [1.82, 2.24) is 0 Å². The second kappa shape index (κ2) is 3.47. The summed E-state index contributed by atoms with van der Waals surface area (Å²) in [6.07, 6.45) is 0. The fourth-order valence-corrected chi connectivity index (χ4v) is 2.69. The van der Waals surface area contributed by atoms with E-state index in [0.717, 1.165) is 15.0 Å².